The Bertz CT molecular complexity index is 506. The van der Waals surface area contributed by atoms with E-state index in [1.165, 1.54) is 0 Å². The van der Waals surface area contributed by atoms with Gasteiger partial charge in [-0.25, -0.2) is 0 Å². The predicted octanol–water partition coefficient (Wildman–Crippen LogP) is 3.29. The van der Waals surface area contributed by atoms with Crippen molar-refractivity contribution in [3.05, 3.63) is 53.0 Å². The van der Waals surface area contributed by atoms with Crippen molar-refractivity contribution in [2.75, 3.05) is 0 Å². The van der Waals surface area contributed by atoms with Gasteiger partial charge in [-0.1, -0.05) is 18.2 Å². The molecule has 88 valence electrons. The van der Waals surface area contributed by atoms with E-state index in [2.05, 4.69) is 0 Å². The van der Waals surface area contributed by atoms with E-state index >= 15 is 0 Å². The Labute approximate surface area is 100 Å². The Kier molecular flexibility index (Phi) is 3.28. The summed E-state index contributed by atoms with van der Waals surface area (Å²) in [5.41, 5.74) is 2.18. The van der Waals surface area contributed by atoms with Gasteiger partial charge in [-0.3, -0.25) is 4.79 Å². The van der Waals surface area contributed by atoms with Crippen molar-refractivity contribution in [1.29, 1.82) is 0 Å². The van der Waals surface area contributed by atoms with Crippen LogP contribution in [0.1, 0.15) is 27.4 Å². The second kappa shape index (κ2) is 4.87. The van der Waals surface area contributed by atoms with Crippen molar-refractivity contribution in [1.82, 2.24) is 0 Å². The summed E-state index contributed by atoms with van der Waals surface area (Å²) in [6, 6.07) is 9.38. The fourth-order valence-corrected chi connectivity index (χ4v) is 1.71. The molecule has 1 aromatic heterocycles. The van der Waals surface area contributed by atoms with E-state index in [0.29, 0.717) is 24.4 Å². The van der Waals surface area contributed by atoms with Crippen LogP contribution in [-0.2, 0) is 6.61 Å². The summed E-state index contributed by atoms with van der Waals surface area (Å²) < 4.78 is 10.9. The lowest BCUT2D eigenvalue weighted by atomic mass is 10.1. The van der Waals surface area contributed by atoms with Gasteiger partial charge in [0.05, 0.1) is 0 Å². The second-order valence-electron chi connectivity index (χ2n) is 3.93. The van der Waals surface area contributed by atoms with Crippen molar-refractivity contribution >= 4 is 6.29 Å². The number of carbonyl (C=O) groups is 1. The monoisotopic (exact) mass is 230 g/mol. The minimum atomic E-state index is 0.324. The molecule has 2 aromatic rings. The molecule has 0 fully saturated rings. The number of aryl methyl sites for hydroxylation is 2. The van der Waals surface area contributed by atoms with Crippen LogP contribution < -0.4 is 4.74 Å². The summed E-state index contributed by atoms with van der Waals surface area (Å²) in [5, 5.41) is 0. The van der Waals surface area contributed by atoms with E-state index in [-0.39, 0.29) is 0 Å². The van der Waals surface area contributed by atoms with E-state index in [9.17, 15) is 4.79 Å². The standard InChI is InChI=1S/C14H14O3/c1-10-4-3-5-11(2)14(10)16-9-13-7-6-12(8-15)17-13/h3-8H,9H2,1-2H3. The SMILES string of the molecule is Cc1cccc(C)c1OCc1ccc(C=O)o1. The smallest absolute Gasteiger partial charge is 0.185 e. The fourth-order valence-electron chi connectivity index (χ4n) is 1.71. The lowest BCUT2D eigenvalue weighted by Gasteiger charge is -2.10. The molecule has 0 saturated heterocycles. The molecule has 0 saturated carbocycles. The number of rotatable bonds is 4. The molecule has 0 aliphatic heterocycles. The number of hydrogen-bond acceptors (Lipinski definition) is 3. The second-order valence-corrected chi connectivity index (χ2v) is 3.93. The van der Waals surface area contributed by atoms with Crippen molar-refractivity contribution in [3.8, 4) is 5.75 Å². The molecular formula is C14H14O3. The van der Waals surface area contributed by atoms with E-state index in [4.69, 9.17) is 9.15 Å². The van der Waals surface area contributed by atoms with Crippen LogP contribution in [0.5, 0.6) is 5.75 Å². The largest absolute Gasteiger partial charge is 0.485 e. The molecule has 3 nitrogen and oxygen atoms in total. The number of ether oxygens (including phenoxy) is 1. The molecule has 0 N–H and O–H groups in total. The number of hydrogen-bond donors (Lipinski definition) is 0. The van der Waals surface area contributed by atoms with Crippen LogP contribution in [0.15, 0.2) is 34.7 Å². The average Bonchev–Trinajstić information content (AvgIpc) is 2.76. The summed E-state index contributed by atoms with van der Waals surface area (Å²) >= 11 is 0. The number of aldehydes is 1. The summed E-state index contributed by atoms with van der Waals surface area (Å²) in [4.78, 5) is 10.5. The van der Waals surface area contributed by atoms with Crippen LogP contribution >= 0.6 is 0 Å². The van der Waals surface area contributed by atoms with E-state index in [1.807, 2.05) is 32.0 Å². The number of furan rings is 1. The minimum absolute atomic E-state index is 0.324. The van der Waals surface area contributed by atoms with E-state index in [0.717, 1.165) is 16.9 Å². The van der Waals surface area contributed by atoms with Gasteiger partial charge in [-0.05, 0) is 37.1 Å². The molecule has 0 atom stereocenters. The lowest BCUT2D eigenvalue weighted by Crippen LogP contribution is -1.97. The molecule has 0 unspecified atom stereocenters. The summed E-state index contributed by atoms with van der Waals surface area (Å²) in [5.74, 6) is 1.84. The van der Waals surface area contributed by atoms with E-state index < -0.39 is 0 Å². The van der Waals surface area contributed by atoms with Crippen molar-refractivity contribution in [3.63, 3.8) is 0 Å². The Morgan fingerprint density at radius 1 is 1.18 bits per heavy atom. The lowest BCUT2D eigenvalue weighted by molar-refractivity contribution is 0.109. The van der Waals surface area contributed by atoms with Crippen molar-refractivity contribution in [2.24, 2.45) is 0 Å². The fraction of sp³-hybridized carbons (Fsp3) is 0.214. The highest BCUT2D eigenvalue weighted by Crippen LogP contribution is 2.23. The Morgan fingerprint density at radius 2 is 1.88 bits per heavy atom. The first-order valence-corrected chi connectivity index (χ1v) is 5.43. The maximum Gasteiger partial charge on any atom is 0.185 e. The first kappa shape index (κ1) is 11.5. The highest BCUT2D eigenvalue weighted by Gasteiger charge is 2.06. The zero-order chi connectivity index (χ0) is 12.3. The van der Waals surface area contributed by atoms with Gasteiger partial charge in [0.25, 0.3) is 0 Å². The first-order chi connectivity index (χ1) is 8.20. The van der Waals surface area contributed by atoms with Crippen molar-refractivity contribution in [2.45, 2.75) is 20.5 Å². The molecule has 2 rings (SSSR count). The summed E-state index contributed by atoms with van der Waals surface area (Å²) in [6.07, 6.45) is 0.683. The van der Waals surface area contributed by atoms with Crippen LogP contribution in [0.2, 0.25) is 0 Å². The zero-order valence-corrected chi connectivity index (χ0v) is 9.90. The molecule has 3 heteroatoms. The third-order valence-corrected chi connectivity index (χ3v) is 2.57. The van der Waals surface area contributed by atoms with Gasteiger partial charge < -0.3 is 9.15 Å². The van der Waals surface area contributed by atoms with Crippen LogP contribution in [0.4, 0.5) is 0 Å². The molecule has 17 heavy (non-hydrogen) atoms. The van der Waals surface area contributed by atoms with Gasteiger partial charge in [0, 0.05) is 0 Å². The summed E-state index contributed by atoms with van der Waals surface area (Å²) in [7, 11) is 0. The van der Waals surface area contributed by atoms with Gasteiger partial charge in [0.2, 0.25) is 0 Å². The molecule has 0 spiro atoms. The van der Waals surface area contributed by atoms with Gasteiger partial charge in [-0.2, -0.15) is 0 Å². The summed E-state index contributed by atoms with van der Waals surface area (Å²) in [6.45, 7) is 4.34. The molecule has 0 bridgehead atoms. The van der Waals surface area contributed by atoms with Gasteiger partial charge in [0.1, 0.15) is 18.1 Å². The number of benzene rings is 1. The number of carbonyl (C=O) groups excluding carboxylic acids is 1. The number of para-hydroxylation sites is 1. The first-order valence-electron chi connectivity index (χ1n) is 5.43. The molecule has 1 aromatic carbocycles. The van der Waals surface area contributed by atoms with Crippen LogP contribution in [-0.4, -0.2) is 6.29 Å². The molecule has 0 aliphatic rings. The zero-order valence-electron chi connectivity index (χ0n) is 9.90. The minimum Gasteiger partial charge on any atom is -0.485 e. The van der Waals surface area contributed by atoms with Crippen LogP contribution in [0.25, 0.3) is 0 Å². The topological polar surface area (TPSA) is 39.4 Å². The maximum absolute atomic E-state index is 10.5. The molecule has 0 radical (unpaired) electrons. The van der Waals surface area contributed by atoms with Crippen molar-refractivity contribution < 1.29 is 13.9 Å². The molecule has 0 amide bonds. The Hall–Kier alpha value is -2.03. The van der Waals surface area contributed by atoms with Gasteiger partial charge in [0.15, 0.2) is 12.0 Å². The van der Waals surface area contributed by atoms with Crippen LogP contribution in [0, 0.1) is 13.8 Å². The Balaban J connectivity index is 2.09. The van der Waals surface area contributed by atoms with Gasteiger partial charge >= 0.3 is 0 Å². The maximum atomic E-state index is 10.5. The highest BCUT2D eigenvalue weighted by atomic mass is 16.5. The van der Waals surface area contributed by atoms with Crippen LogP contribution in [0.3, 0.4) is 0 Å². The quantitative estimate of drug-likeness (QED) is 0.756. The average molecular weight is 230 g/mol. The third kappa shape index (κ3) is 2.56. The molecular weight excluding hydrogens is 216 g/mol. The van der Waals surface area contributed by atoms with E-state index in [1.54, 1.807) is 12.1 Å². The molecule has 1 heterocycles. The highest BCUT2D eigenvalue weighted by molar-refractivity contribution is 5.70. The molecule has 0 aliphatic carbocycles. The Morgan fingerprint density at radius 3 is 2.47 bits per heavy atom. The normalized spacial score (nSPS) is 10.2. The third-order valence-electron chi connectivity index (χ3n) is 2.57. The predicted molar refractivity (Wildman–Crippen MR) is 64.3 cm³/mol. The van der Waals surface area contributed by atoms with Gasteiger partial charge in [-0.15, -0.1) is 0 Å².